The largest absolute Gasteiger partial charge is 0.466 e. The fourth-order valence-electron chi connectivity index (χ4n) is 1.41. The smallest absolute Gasteiger partial charge is 0.348 e. The summed E-state index contributed by atoms with van der Waals surface area (Å²) in [5, 5.41) is 0.613. The molecular formula is C10H11N2O2S+. The third-order valence-corrected chi connectivity index (χ3v) is 3.15. The van der Waals surface area contributed by atoms with Crippen molar-refractivity contribution in [3.05, 3.63) is 24.3 Å². The number of esters is 1. The number of hydrogen-bond acceptors (Lipinski definition) is 4. The van der Waals surface area contributed by atoms with Gasteiger partial charge in [0.15, 0.2) is 6.54 Å². The minimum absolute atomic E-state index is 0.159. The second kappa shape index (κ2) is 3.86. The van der Waals surface area contributed by atoms with Crippen molar-refractivity contribution in [2.24, 2.45) is 0 Å². The molecule has 0 radical (unpaired) electrons. The summed E-state index contributed by atoms with van der Waals surface area (Å²) in [7, 11) is 1.37. The summed E-state index contributed by atoms with van der Waals surface area (Å²) < 4.78 is 7.44. The van der Waals surface area contributed by atoms with Crippen molar-refractivity contribution in [2.75, 3.05) is 12.8 Å². The molecule has 0 saturated heterocycles. The first-order valence-corrected chi connectivity index (χ1v) is 5.27. The van der Waals surface area contributed by atoms with Crippen LogP contribution in [0.15, 0.2) is 24.3 Å². The third-order valence-electron chi connectivity index (χ3n) is 2.15. The predicted octanol–water partition coefficient (Wildman–Crippen LogP) is 0.944. The lowest BCUT2D eigenvalue weighted by Gasteiger charge is -1.97. The van der Waals surface area contributed by atoms with Crippen molar-refractivity contribution in [2.45, 2.75) is 6.54 Å². The number of fused-ring (bicyclic) bond motifs is 1. The number of hydrogen-bond donors (Lipinski definition) is 1. The van der Waals surface area contributed by atoms with Gasteiger partial charge in [0.25, 0.3) is 0 Å². The number of carbonyl (C=O) groups is 1. The lowest BCUT2D eigenvalue weighted by Crippen LogP contribution is -2.39. The molecule has 0 aliphatic rings. The molecule has 0 amide bonds. The zero-order valence-electron chi connectivity index (χ0n) is 8.27. The Balaban J connectivity index is 2.49. The highest BCUT2D eigenvalue weighted by atomic mass is 32.1. The number of nitrogens with zero attached hydrogens (tertiary/aromatic N) is 1. The van der Waals surface area contributed by atoms with Crippen LogP contribution < -0.4 is 10.3 Å². The zero-order chi connectivity index (χ0) is 10.8. The number of carbonyl (C=O) groups excluding carboxylic acids is 1. The van der Waals surface area contributed by atoms with Crippen molar-refractivity contribution in [3.8, 4) is 0 Å². The lowest BCUT2D eigenvalue weighted by atomic mass is 10.3. The number of benzene rings is 1. The molecule has 0 aliphatic carbocycles. The number of nitrogens with two attached hydrogens (primary N) is 1. The van der Waals surface area contributed by atoms with Crippen molar-refractivity contribution < 1.29 is 14.1 Å². The van der Waals surface area contributed by atoms with Crippen molar-refractivity contribution >= 4 is 32.7 Å². The summed E-state index contributed by atoms with van der Waals surface area (Å²) in [6, 6.07) is 7.78. The van der Waals surface area contributed by atoms with Gasteiger partial charge in [-0.05, 0) is 23.5 Å². The number of rotatable bonds is 2. The summed E-state index contributed by atoms with van der Waals surface area (Å²) in [5.41, 5.74) is 6.79. The number of ether oxygens (including phenoxy) is 1. The summed E-state index contributed by atoms with van der Waals surface area (Å²) >= 11 is 1.46. The molecular weight excluding hydrogens is 212 g/mol. The summed E-state index contributed by atoms with van der Waals surface area (Å²) in [6.07, 6.45) is 0. The van der Waals surface area contributed by atoms with Crippen LogP contribution in [0.25, 0.3) is 10.2 Å². The average molecular weight is 223 g/mol. The monoisotopic (exact) mass is 223 g/mol. The van der Waals surface area contributed by atoms with Crippen molar-refractivity contribution in [1.29, 1.82) is 0 Å². The van der Waals surface area contributed by atoms with Gasteiger partial charge in [-0.25, -0.2) is 9.36 Å². The minimum atomic E-state index is -0.296. The molecule has 1 heterocycles. The Hall–Kier alpha value is -1.62. The number of para-hydroxylation sites is 1. The molecule has 0 spiro atoms. The van der Waals surface area contributed by atoms with Gasteiger partial charge in [-0.1, -0.05) is 12.1 Å². The first-order chi connectivity index (χ1) is 7.22. The van der Waals surface area contributed by atoms with E-state index in [-0.39, 0.29) is 12.5 Å². The van der Waals surface area contributed by atoms with Gasteiger partial charge in [0.2, 0.25) is 0 Å². The summed E-state index contributed by atoms with van der Waals surface area (Å²) in [6.45, 7) is 0.159. The van der Waals surface area contributed by atoms with Crippen LogP contribution in [-0.4, -0.2) is 13.1 Å². The molecule has 1 aromatic carbocycles. The quantitative estimate of drug-likeness (QED) is 0.609. The number of anilines is 1. The van der Waals surface area contributed by atoms with Crippen LogP contribution in [-0.2, 0) is 16.1 Å². The van der Waals surface area contributed by atoms with Crippen LogP contribution in [0.5, 0.6) is 0 Å². The first-order valence-electron chi connectivity index (χ1n) is 4.46. The lowest BCUT2D eigenvalue weighted by molar-refractivity contribution is -0.641. The third kappa shape index (κ3) is 1.78. The number of thiazole rings is 1. The highest BCUT2D eigenvalue weighted by Gasteiger charge is 2.17. The molecule has 15 heavy (non-hydrogen) atoms. The van der Waals surface area contributed by atoms with Gasteiger partial charge in [-0.2, -0.15) is 0 Å². The second-order valence-electron chi connectivity index (χ2n) is 3.07. The van der Waals surface area contributed by atoms with Crippen LogP contribution in [0.1, 0.15) is 0 Å². The molecule has 2 N–H and O–H groups in total. The van der Waals surface area contributed by atoms with E-state index < -0.39 is 0 Å². The molecule has 0 saturated carbocycles. The molecule has 0 bridgehead atoms. The molecule has 0 aliphatic heterocycles. The summed E-state index contributed by atoms with van der Waals surface area (Å²) in [5.74, 6) is -0.296. The number of methoxy groups -OCH3 is 1. The highest BCUT2D eigenvalue weighted by molar-refractivity contribution is 7.21. The SMILES string of the molecule is COC(=O)C[n+]1c(N)sc2ccccc21. The minimum Gasteiger partial charge on any atom is -0.466 e. The number of aromatic nitrogens is 1. The molecule has 1 aromatic heterocycles. The highest BCUT2D eigenvalue weighted by Crippen LogP contribution is 2.21. The van der Waals surface area contributed by atoms with Gasteiger partial charge in [0.1, 0.15) is 5.52 Å². The fraction of sp³-hybridized carbons (Fsp3) is 0.200. The second-order valence-corrected chi connectivity index (χ2v) is 4.13. The van der Waals surface area contributed by atoms with E-state index in [0.717, 1.165) is 10.2 Å². The topological polar surface area (TPSA) is 56.2 Å². The first kappa shape index (κ1) is 9.92. The van der Waals surface area contributed by atoms with E-state index in [4.69, 9.17) is 5.73 Å². The van der Waals surface area contributed by atoms with Gasteiger partial charge in [-0.15, -0.1) is 0 Å². The Kier molecular flexibility index (Phi) is 2.55. The fourth-order valence-corrected chi connectivity index (χ4v) is 2.34. The zero-order valence-corrected chi connectivity index (χ0v) is 9.08. The van der Waals surface area contributed by atoms with Gasteiger partial charge in [-0.3, -0.25) is 5.73 Å². The van der Waals surface area contributed by atoms with E-state index in [9.17, 15) is 4.79 Å². The van der Waals surface area contributed by atoms with E-state index in [1.807, 2.05) is 24.3 Å². The maximum atomic E-state index is 11.2. The van der Waals surface area contributed by atoms with Crippen LogP contribution in [0, 0.1) is 0 Å². The van der Waals surface area contributed by atoms with Crippen molar-refractivity contribution in [1.82, 2.24) is 0 Å². The molecule has 2 rings (SSSR count). The molecule has 5 heteroatoms. The van der Waals surface area contributed by atoms with Gasteiger partial charge in [0, 0.05) is 0 Å². The van der Waals surface area contributed by atoms with Crippen molar-refractivity contribution in [3.63, 3.8) is 0 Å². The van der Waals surface area contributed by atoms with E-state index in [1.165, 1.54) is 18.4 Å². The van der Waals surface area contributed by atoms with Gasteiger partial charge >= 0.3 is 11.1 Å². The Morgan fingerprint density at radius 2 is 2.27 bits per heavy atom. The molecule has 4 nitrogen and oxygen atoms in total. The van der Waals surface area contributed by atoms with E-state index in [2.05, 4.69) is 4.74 Å². The molecule has 78 valence electrons. The van der Waals surface area contributed by atoms with E-state index >= 15 is 0 Å². The Morgan fingerprint density at radius 1 is 1.53 bits per heavy atom. The number of nitrogen functional groups attached to an aromatic ring is 1. The Morgan fingerprint density at radius 3 is 3.00 bits per heavy atom. The van der Waals surface area contributed by atoms with Crippen LogP contribution in [0.3, 0.4) is 0 Å². The maximum Gasteiger partial charge on any atom is 0.348 e. The van der Waals surface area contributed by atoms with E-state index in [1.54, 1.807) is 4.57 Å². The summed E-state index contributed by atoms with van der Waals surface area (Å²) in [4.78, 5) is 11.2. The van der Waals surface area contributed by atoms with Crippen LogP contribution in [0.4, 0.5) is 5.13 Å². The standard InChI is InChI=1S/C10H10N2O2S/c1-14-9(13)6-12-7-4-2-3-5-8(7)15-10(12)11/h2-5,11H,6H2,1H3/p+1. The average Bonchev–Trinajstić information content (AvgIpc) is 2.55. The molecule has 0 atom stereocenters. The predicted molar refractivity (Wildman–Crippen MR) is 58.4 cm³/mol. The van der Waals surface area contributed by atoms with Gasteiger partial charge < -0.3 is 4.74 Å². The van der Waals surface area contributed by atoms with Gasteiger partial charge in [0.05, 0.1) is 11.8 Å². The molecule has 0 unspecified atom stereocenters. The Labute approximate surface area is 90.9 Å². The molecule has 2 aromatic rings. The van der Waals surface area contributed by atoms with Crippen LogP contribution in [0.2, 0.25) is 0 Å². The van der Waals surface area contributed by atoms with E-state index in [0.29, 0.717) is 5.13 Å². The Bertz CT molecular complexity index is 507. The van der Waals surface area contributed by atoms with Crippen LogP contribution >= 0.6 is 11.3 Å². The normalized spacial score (nSPS) is 10.5. The molecule has 0 fully saturated rings. The maximum absolute atomic E-state index is 11.2.